The van der Waals surface area contributed by atoms with Crippen molar-refractivity contribution in [2.75, 3.05) is 0 Å². The fourth-order valence-corrected chi connectivity index (χ4v) is 1.47. The first-order chi connectivity index (χ1) is 8.00. The molecule has 2 aromatic rings. The minimum atomic E-state index is 0.325. The van der Waals surface area contributed by atoms with E-state index in [9.17, 15) is 0 Å². The number of benzene rings is 1. The molecule has 0 spiro atoms. The van der Waals surface area contributed by atoms with Crippen LogP contribution in [0, 0.1) is 6.92 Å². The molecule has 0 saturated heterocycles. The highest BCUT2D eigenvalue weighted by molar-refractivity contribution is 5.60. The smallest absolute Gasteiger partial charge is 0.201 e. The molecule has 0 aliphatic carbocycles. The molecule has 14 heavy (non-hydrogen) atoms. The maximum atomic E-state index is 7.80. The number of aromatic nitrogens is 1. The maximum Gasteiger partial charge on any atom is 0.212 e. The zero-order chi connectivity index (χ0) is 12.6. The molecule has 0 amide bonds. The van der Waals surface area contributed by atoms with Crippen LogP contribution < -0.4 is 4.57 Å². The van der Waals surface area contributed by atoms with E-state index in [1.807, 2.05) is 26.1 Å². The zero-order valence-corrected chi connectivity index (χ0v) is 8.33. The quantitative estimate of drug-likeness (QED) is 0.604. The molecule has 1 aromatic heterocycles. The molecule has 1 aromatic carbocycles. The molecule has 0 fully saturated rings. The van der Waals surface area contributed by atoms with Gasteiger partial charge in [-0.15, -0.1) is 0 Å². The molecule has 70 valence electrons. The number of hydrogen-bond acceptors (Lipinski definition) is 0. The maximum absolute atomic E-state index is 7.80. The van der Waals surface area contributed by atoms with Gasteiger partial charge in [0.2, 0.25) is 5.69 Å². The lowest BCUT2D eigenvalue weighted by molar-refractivity contribution is -0.660. The van der Waals surface area contributed by atoms with E-state index in [-0.39, 0.29) is 0 Å². The molecule has 2 rings (SSSR count). The monoisotopic (exact) mass is 187 g/mol. The molecular formula is C13H14N+. The van der Waals surface area contributed by atoms with Gasteiger partial charge in [0.05, 0.1) is 2.74 Å². The van der Waals surface area contributed by atoms with E-state index in [0.717, 1.165) is 16.8 Å². The molecule has 0 bridgehead atoms. The zero-order valence-electron chi connectivity index (χ0n) is 11.3. The highest BCUT2D eigenvalue weighted by Crippen LogP contribution is 2.18. The molecule has 1 heteroatoms. The van der Waals surface area contributed by atoms with Crippen LogP contribution in [-0.4, -0.2) is 0 Å². The summed E-state index contributed by atoms with van der Waals surface area (Å²) in [7, 11) is 1.82. The molecule has 1 heterocycles. The average molecular weight is 187 g/mol. The van der Waals surface area contributed by atoms with Gasteiger partial charge >= 0.3 is 0 Å². The van der Waals surface area contributed by atoms with Crippen LogP contribution in [0.4, 0.5) is 0 Å². The SMILES string of the molecule is [2H]c1cc([2H])c(C)c(-c2cccc([2H])[n+]2C)c1. The summed E-state index contributed by atoms with van der Waals surface area (Å²) < 4.78 is 25.0. The molecule has 1 nitrogen and oxygen atoms in total. The highest BCUT2D eigenvalue weighted by Gasteiger charge is 2.09. The lowest BCUT2D eigenvalue weighted by atomic mass is 10.1. The Bertz CT molecular complexity index is 579. The Kier molecular flexibility index (Phi) is 1.54. The van der Waals surface area contributed by atoms with E-state index >= 15 is 0 Å². The molecule has 0 radical (unpaired) electrons. The summed E-state index contributed by atoms with van der Waals surface area (Å²) in [4.78, 5) is 0. The third-order valence-corrected chi connectivity index (χ3v) is 2.26. The fourth-order valence-electron chi connectivity index (χ4n) is 1.47. The van der Waals surface area contributed by atoms with Gasteiger partial charge in [-0.05, 0) is 24.6 Å². The summed E-state index contributed by atoms with van der Waals surface area (Å²) in [5.74, 6) is 0. The van der Waals surface area contributed by atoms with Gasteiger partial charge in [-0.2, -0.15) is 0 Å². The molecule has 0 aliphatic heterocycles. The summed E-state index contributed by atoms with van der Waals surface area (Å²) in [5, 5.41) is 0. The van der Waals surface area contributed by atoms with E-state index in [2.05, 4.69) is 0 Å². The van der Waals surface area contributed by atoms with Crippen LogP contribution in [0.1, 0.15) is 9.68 Å². The predicted octanol–water partition coefficient (Wildman–Crippen LogP) is 2.49. The Morgan fingerprint density at radius 3 is 2.93 bits per heavy atom. The van der Waals surface area contributed by atoms with Crippen LogP contribution in [0.3, 0.4) is 0 Å². The van der Waals surface area contributed by atoms with Crippen molar-refractivity contribution in [1.82, 2.24) is 0 Å². The fraction of sp³-hybridized carbons (Fsp3) is 0.154. The molecule has 0 N–H and O–H groups in total. The second kappa shape index (κ2) is 3.62. The molecule has 0 unspecified atom stereocenters. The predicted molar refractivity (Wildman–Crippen MR) is 57.8 cm³/mol. The summed E-state index contributed by atoms with van der Waals surface area (Å²) in [6.07, 6.45) is 0.406. The van der Waals surface area contributed by atoms with Crippen molar-refractivity contribution < 1.29 is 8.68 Å². The number of rotatable bonds is 1. The van der Waals surface area contributed by atoms with E-state index in [0.29, 0.717) is 18.3 Å². The van der Waals surface area contributed by atoms with Gasteiger partial charge in [0, 0.05) is 17.7 Å². The number of hydrogen-bond donors (Lipinski definition) is 0. The highest BCUT2D eigenvalue weighted by atomic mass is 14.9. The van der Waals surface area contributed by atoms with E-state index < -0.39 is 0 Å². The Morgan fingerprint density at radius 2 is 2.07 bits per heavy atom. The van der Waals surface area contributed by atoms with Crippen molar-refractivity contribution in [2.45, 2.75) is 6.92 Å². The van der Waals surface area contributed by atoms with Gasteiger partial charge in [-0.1, -0.05) is 18.2 Å². The van der Waals surface area contributed by atoms with Gasteiger partial charge in [-0.3, -0.25) is 0 Å². The van der Waals surface area contributed by atoms with Gasteiger partial charge in [0.1, 0.15) is 8.42 Å². The van der Waals surface area contributed by atoms with Crippen molar-refractivity contribution in [3.05, 3.63) is 54.2 Å². The van der Waals surface area contributed by atoms with Crippen molar-refractivity contribution in [1.29, 1.82) is 0 Å². The normalized spacial score (nSPS) is 13.1. The molecule has 0 saturated carbocycles. The van der Waals surface area contributed by atoms with E-state index in [4.69, 9.17) is 4.11 Å². The number of pyridine rings is 1. The Hall–Kier alpha value is -1.63. The second-order valence-electron chi connectivity index (χ2n) is 3.24. The third-order valence-electron chi connectivity index (χ3n) is 2.26. The Labute approximate surface area is 88.9 Å². The van der Waals surface area contributed by atoms with E-state index in [1.54, 1.807) is 16.7 Å². The topological polar surface area (TPSA) is 3.88 Å². The standard InChI is InChI=1S/C13H14N/c1-11-7-3-4-8-12(11)13-9-5-6-10-14(13)2/h3-10H,1-2H3/q+1/i4D,7D,10D. The molecule has 0 aliphatic rings. The summed E-state index contributed by atoms with van der Waals surface area (Å²) in [6.45, 7) is 1.87. The molecular weight excluding hydrogens is 170 g/mol. The van der Waals surface area contributed by atoms with Crippen LogP contribution in [0.15, 0.2) is 48.6 Å². The number of nitrogens with zero attached hydrogens (tertiary/aromatic N) is 1. The summed E-state index contributed by atoms with van der Waals surface area (Å²) >= 11 is 0. The van der Waals surface area contributed by atoms with Crippen LogP contribution in [0.2, 0.25) is 0 Å². The van der Waals surface area contributed by atoms with Crippen LogP contribution in [0.5, 0.6) is 0 Å². The van der Waals surface area contributed by atoms with Crippen LogP contribution in [-0.2, 0) is 7.05 Å². The van der Waals surface area contributed by atoms with Crippen molar-refractivity contribution in [3.63, 3.8) is 0 Å². The Balaban J connectivity index is 2.73. The first-order valence-electron chi connectivity index (χ1n) is 6.04. The Morgan fingerprint density at radius 1 is 1.21 bits per heavy atom. The van der Waals surface area contributed by atoms with Gasteiger partial charge in [0.15, 0.2) is 6.17 Å². The largest absolute Gasteiger partial charge is 0.212 e. The molecule has 0 atom stereocenters. The first kappa shape index (κ1) is 5.97. The van der Waals surface area contributed by atoms with Crippen molar-refractivity contribution >= 4 is 0 Å². The summed E-state index contributed by atoms with van der Waals surface area (Å²) in [6, 6.07) is 9.39. The first-order valence-corrected chi connectivity index (χ1v) is 4.54. The van der Waals surface area contributed by atoms with Gasteiger partial charge in [0.25, 0.3) is 0 Å². The van der Waals surface area contributed by atoms with E-state index in [1.165, 1.54) is 6.07 Å². The lowest BCUT2D eigenvalue weighted by Crippen LogP contribution is -2.30. The minimum absolute atomic E-state index is 0.325. The van der Waals surface area contributed by atoms with Crippen molar-refractivity contribution in [2.24, 2.45) is 7.05 Å². The average Bonchev–Trinajstić information content (AvgIpc) is 2.27. The third kappa shape index (κ3) is 1.53. The minimum Gasteiger partial charge on any atom is -0.201 e. The summed E-state index contributed by atoms with van der Waals surface area (Å²) in [5.41, 5.74) is 2.54. The van der Waals surface area contributed by atoms with Crippen LogP contribution in [0.25, 0.3) is 11.3 Å². The van der Waals surface area contributed by atoms with Crippen LogP contribution >= 0.6 is 0 Å². The second-order valence-corrected chi connectivity index (χ2v) is 3.24. The van der Waals surface area contributed by atoms with Crippen molar-refractivity contribution in [3.8, 4) is 11.3 Å². The van der Waals surface area contributed by atoms with Gasteiger partial charge in [-0.25, -0.2) is 4.57 Å². The van der Waals surface area contributed by atoms with Gasteiger partial charge < -0.3 is 0 Å². The lowest BCUT2D eigenvalue weighted by Gasteiger charge is -2.02.